The van der Waals surface area contributed by atoms with E-state index in [0.29, 0.717) is 28.3 Å². The molecule has 2 heterocycles. The van der Waals surface area contributed by atoms with Crippen molar-refractivity contribution in [3.8, 4) is 0 Å². The van der Waals surface area contributed by atoms with Gasteiger partial charge in [-0.3, -0.25) is 4.79 Å². The highest BCUT2D eigenvalue weighted by Crippen LogP contribution is 2.26. The summed E-state index contributed by atoms with van der Waals surface area (Å²) in [6.45, 7) is 3.84. The zero-order valence-corrected chi connectivity index (χ0v) is 15.4. The molecule has 3 rings (SSSR count). The van der Waals surface area contributed by atoms with Gasteiger partial charge in [0.1, 0.15) is 5.56 Å². The largest absolute Gasteiger partial charge is 0.322 e. The Morgan fingerprint density at radius 3 is 2.71 bits per heavy atom. The van der Waals surface area contributed by atoms with Crippen LogP contribution in [0.4, 0.5) is 10.1 Å². The third-order valence-corrected chi connectivity index (χ3v) is 4.35. The number of aryl methyl sites for hydroxylation is 2. The molecule has 3 aromatic rings. The van der Waals surface area contributed by atoms with Gasteiger partial charge in [0.25, 0.3) is 5.91 Å². The van der Waals surface area contributed by atoms with Crippen LogP contribution in [0.1, 0.15) is 38.4 Å². The van der Waals surface area contributed by atoms with Gasteiger partial charge in [0.2, 0.25) is 0 Å². The van der Waals surface area contributed by atoms with Crippen LogP contribution in [0.15, 0.2) is 36.5 Å². The summed E-state index contributed by atoms with van der Waals surface area (Å²) in [5.41, 5.74) is 3.57. The minimum atomic E-state index is -1.23. The van der Waals surface area contributed by atoms with Gasteiger partial charge in [-0.15, -0.1) is 0 Å². The average molecular weight is 438 g/mol. The van der Waals surface area contributed by atoms with E-state index in [1.807, 2.05) is 24.3 Å². The first-order valence-electron chi connectivity index (χ1n) is 7.53. The summed E-state index contributed by atoms with van der Waals surface area (Å²) in [6, 6.07) is 9.28. The maximum Gasteiger partial charge on any atom is 0.261 e. The Morgan fingerprint density at radius 2 is 2.08 bits per heavy atom. The smallest absolute Gasteiger partial charge is 0.261 e. The fourth-order valence-corrected chi connectivity index (χ4v) is 2.89. The number of fused-ring (bicyclic) bond motifs is 1. The quantitative estimate of drug-likeness (QED) is 0.490. The second-order valence-corrected chi connectivity index (χ2v) is 6.51. The molecular formula is C17H16FIN4O. The van der Waals surface area contributed by atoms with Crippen LogP contribution in [-0.2, 0) is 6.42 Å². The van der Waals surface area contributed by atoms with E-state index in [4.69, 9.17) is 0 Å². The number of anilines is 1. The molecule has 0 fully saturated rings. The fourth-order valence-electron chi connectivity index (χ4n) is 2.45. The Morgan fingerprint density at radius 1 is 1.38 bits per heavy atom. The van der Waals surface area contributed by atoms with Crippen molar-refractivity contribution in [2.75, 3.05) is 5.32 Å². The molecule has 0 radical (unpaired) electrons. The Bertz CT molecular complexity index is 889. The molecule has 2 aromatic heterocycles. The van der Waals surface area contributed by atoms with E-state index in [0.717, 1.165) is 6.42 Å². The van der Waals surface area contributed by atoms with Gasteiger partial charge in [0.05, 0.1) is 11.9 Å². The molecule has 0 saturated carbocycles. The summed E-state index contributed by atoms with van der Waals surface area (Å²) in [5, 5.41) is 6.95. The average Bonchev–Trinajstić information content (AvgIpc) is 2.98. The first-order chi connectivity index (χ1) is 11.5. The van der Waals surface area contributed by atoms with Crippen LogP contribution < -0.4 is 5.32 Å². The molecule has 0 aliphatic heterocycles. The SMILES string of the molecule is CCc1ccc(NC(=O)c2cnn3c(C(F)I)cc(C)nc23)cc1. The molecule has 0 aliphatic rings. The minimum Gasteiger partial charge on any atom is -0.322 e. The van der Waals surface area contributed by atoms with Crippen molar-refractivity contribution in [3.63, 3.8) is 0 Å². The van der Waals surface area contributed by atoms with Gasteiger partial charge >= 0.3 is 0 Å². The number of alkyl halides is 2. The second-order valence-electron chi connectivity index (χ2n) is 5.42. The monoisotopic (exact) mass is 438 g/mol. The highest BCUT2D eigenvalue weighted by atomic mass is 127. The van der Waals surface area contributed by atoms with Gasteiger partial charge in [-0.2, -0.15) is 5.10 Å². The number of amides is 1. The number of carbonyl (C=O) groups excluding carboxylic acids is 1. The Balaban J connectivity index is 1.95. The van der Waals surface area contributed by atoms with E-state index in [2.05, 4.69) is 22.3 Å². The molecular weight excluding hydrogens is 422 g/mol. The molecule has 1 N–H and O–H groups in total. The van der Waals surface area contributed by atoms with Gasteiger partial charge in [0.15, 0.2) is 9.83 Å². The van der Waals surface area contributed by atoms with Crippen molar-refractivity contribution >= 4 is 39.8 Å². The number of nitrogens with zero attached hydrogens (tertiary/aromatic N) is 3. The highest BCUT2D eigenvalue weighted by Gasteiger charge is 2.19. The Hall–Kier alpha value is -2.03. The topological polar surface area (TPSA) is 59.3 Å². The van der Waals surface area contributed by atoms with Crippen molar-refractivity contribution in [2.45, 2.75) is 24.4 Å². The Labute approximate surface area is 152 Å². The van der Waals surface area contributed by atoms with Crippen molar-refractivity contribution in [2.24, 2.45) is 0 Å². The number of hydrogen-bond acceptors (Lipinski definition) is 3. The molecule has 1 amide bonds. The highest BCUT2D eigenvalue weighted by molar-refractivity contribution is 14.1. The van der Waals surface area contributed by atoms with Gasteiger partial charge in [-0.05, 0) is 59.7 Å². The molecule has 1 atom stereocenters. The van der Waals surface area contributed by atoms with Crippen molar-refractivity contribution < 1.29 is 9.18 Å². The van der Waals surface area contributed by atoms with Crippen molar-refractivity contribution in [1.29, 1.82) is 0 Å². The normalized spacial score (nSPS) is 12.3. The second kappa shape index (κ2) is 6.84. The lowest BCUT2D eigenvalue weighted by atomic mass is 10.1. The van der Waals surface area contributed by atoms with E-state index in [1.54, 1.807) is 35.6 Å². The van der Waals surface area contributed by atoms with Crippen LogP contribution in [0.2, 0.25) is 0 Å². The van der Waals surface area contributed by atoms with Crippen molar-refractivity contribution in [1.82, 2.24) is 14.6 Å². The predicted molar refractivity (Wildman–Crippen MR) is 99.4 cm³/mol. The van der Waals surface area contributed by atoms with Crippen LogP contribution in [0.3, 0.4) is 0 Å². The van der Waals surface area contributed by atoms with Gasteiger partial charge < -0.3 is 5.32 Å². The van der Waals surface area contributed by atoms with Crippen LogP contribution in [-0.4, -0.2) is 20.5 Å². The van der Waals surface area contributed by atoms with E-state index in [1.165, 1.54) is 16.3 Å². The number of carbonyl (C=O) groups is 1. The summed E-state index contributed by atoms with van der Waals surface area (Å²) >= 11 is 1.67. The van der Waals surface area contributed by atoms with Crippen LogP contribution in [0, 0.1) is 6.92 Å². The van der Waals surface area contributed by atoms with Crippen LogP contribution in [0.25, 0.3) is 5.65 Å². The lowest BCUT2D eigenvalue weighted by Gasteiger charge is -2.07. The molecule has 0 bridgehead atoms. The number of hydrogen-bond donors (Lipinski definition) is 1. The summed E-state index contributed by atoms with van der Waals surface area (Å²) < 4.78 is 13.9. The molecule has 1 aromatic carbocycles. The van der Waals surface area contributed by atoms with E-state index in [9.17, 15) is 9.18 Å². The number of benzene rings is 1. The van der Waals surface area contributed by atoms with E-state index >= 15 is 0 Å². The first kappa shape index (κ1) is 16.8. The molecule has 0 spiro atoms. The zero-order chi connectivity index (χ0) is 17.3. The zero-order valence-electron chi connectivity index (χ0n) is 13.3. The third-order valence-electron chi connectivity index (χ3n) is 3.72. The van der Waals surface area contributed by atoms with Crippen LogP contribution >= 0.6 is 22.6 Å². The molecule has 24 heavy (non-hydrogen) atoms. The molecule has 7 heteroatoms. The number of rotatable bonds is 4. The third kappa shape index (κ3) is 3.26. The van der Waals surface area contributed by atoms with E-state index in [-0.39, 0.29) is 5.91 Å². The fraction of sp³-hybridized carbons (Fsp3) is 0.235. The molecule has 0 saturated heterocycles. The van der Waals surface area contributed by atoms with Gasteiger partial charge in [0, 0.05) is 11.4 Å². The number of nitrogens with one attached hydrogen (secondary N) is 1. The summed E-state index contributed by atoms with van der Waals surface area (Å²) in [5.74, 6) is -0.317. The molecule has 1 unspecified atom stereocenters. The van der Waals surface area contributed by atoms with Gasteiger partial charge in [-0.1, -0.05) is 19.1 Å². The summed E-state index contributed by atoms with van der Waals surface area (Å²) in [6.07, 6.45) is 2.36. The van der Waals surface area contributed by atoms with Crippen molar-refractivity contribution in [3.05, 3.63) is 59.0 Å². The predicted octanol–water partition coefficient (Wildman–Crippen LogP) is 4.26. The molecule has 5 nitrogen and oxygen atoms in total. The Kier molecular flexibility index (Phi) is 4.79. The maximum atomic E-state index is 13.8. The number of halogens is 2. The standard InChI is InChI=1S/C17H16FIN4O/c1-3-11-4-6-12(7-5-11)22-17(24)13-9-20-23-14(15(18)19)8-10(2)21-16(13)23/h4-9,15H,3H2,1-2H3,(H,22,24). The van der Waals surface area contributed by atoms with Crippen LogP contribution in [0.5, 0.6) is 0 Å². The molecule has 124 valence electrons. The lowest BCUT2D eigenvalue weighted by Crippen LogP contribution is -2.12. The lowest BCUT2D eigenvalue weighted by molar-refractivity contribution is 0.102. The number of aromatic nitrogens is 3. The molecule has 0 aliphatic carbocycles. The maximum absolute atomic E-state index is 13.8. The van der Waals surface area contributed by atoms with E-state index < -0.39 is 4.18 Å². The van der Waals surface area contributed by atoms with Gasteiger partial charge in [-0.25, -0.2) is 13.9 Å². The summed E-state index contributed by atoms with van der Waals surface area (Å²) in [7, 11) is 0. The first-order valence-corrected chi connectivity index (χ1v) is 8.78. The minimum absolute atomic E-state index is 0.316. The summed E-state index contributed by atoms with van der Waals surface area (Å²) in [4.78, 5) is 16.9.